The smallest absolute Gasteiger partial charge is 0.240 e. The second kappa shape index (κ2) is 5.96. The molecular formula is C12H11F2NO3S2. The molecule has 2 rings (SSSR count). The third-order valence-corrected chi connectivity index (χ3v) is 4.72. The van der Waals surface area contributed by atoms with Gasteiger partial charge in [-0.2, -0.15) is 11.3 Å². The quantitative estimate of drug-likeness (QED) is 0.886. The van der Waals surface area contributed by atoms with Crippen molar-refractivity contribution in [1.29, 1.82) is 0 Å². The highest BCUT2D eigenvalue weighted by atomic mass is 32.2. The maximum atomic E-state index is 13.0. The Bertz CT molecular complexity index is 687. The van der Waals surface area contributed by atoms with Crippen LogP contribution >= 0.6 is 11.3 Å². The zero-order chi connectivity index (χ0) is 14.8. The van der Waals surface area contributed by atoms with Crippen molar-refractivity contribution in [2.24, 2.45) is 0 Å². The minimum atomic E-state index is -4.00. The Hall–Kier alpha value is -1.35. The first kappa shape index (κ1) is 15.0. The Morgan fingerprint density at radius 3 is 2.60 bits per heavy atom. The predicted molar refractivity (Wildman–Crippen MR) is 70.8 cm³/mol. The lowest BCUT2D eigenvalue weighted by molar-refractivity contribution is 0.182. The summed E-state index contributed by atoms with van der Waals surface area (Å²) in [7, 11) is -4.00. The summed E-state index contributed by atoms with van der Waals surface area (Å²) in [6.45, 7) is -0.252. The molecule has 1 aromatic carbocycles. The summed E-state index contributed by atoms with van der Waals surface area (Å²) < 4.78 is 51.6. The molecule has 1 aromatic heterocycles. The van der Waals surface area contributed by atoms with Crippen molar-refractivity contribution in [1.82, 2.24) is 4.72 Å². The lowest BCUT2D eigenvalue weighted by Crippen LogP contribution is -2.28. The molecule has 0 radical (unpaired) electrons. The molecule has 2 aromatic rings. The summed E-state index contributed by atoms with van der Waals surface area (Å²) in [4.78, 5) is -0.395. The van der Waals surface area contributed by atoms with Gasteiger partial charge in [-0.3, -0.25) is 0 Å². The van der Waals surface area contributed by atoms with Gasteiger partial charge >= 0.3 is 0 Å². The van der Waals surface area contributed by atoms with E-state index < -0.39 is 32.7 Å². The molecule has 1 atom stereocenters. The van der Waals surface area contributed by atoms with Gasteiger partial charge in [0, 0.05) is 6.54 Å². The second-order valence-corrected chi connectivity index (χ2v) is 6.55. The highest BCUT2D eigenvalue weighted by Crippen LogP contribution is 2.17. The molecule has 2 N–H and O–H groups in total. The maximum Gasteiger partial charge on any atom is 0.240 e. The Kier molecular flexibility index (Phi) is 4.48. The summed E-state index contributed by atoms with van der Waals surface area (Å²) in [5, 5.41) is 13.2. The molecular weight excluding hydrogens is 308 g/mol. The number of benzene rings is 1. The van der Waals surface area contributed by atoms with E-state index in [0.29, 0.717) is 11.6 Å². The van der Waals surface area contributed by atoms with Crippen LogP contribution in [-0.2, 0) is 10.0 Å². The maximum absolute atomic E-state index is 13.0. The highest BCUT2D eigenvalue weighted by molar-refractivity contribution is 7.89. The average molecular weight is 319 g/mol. The molecule has 0 aliphatic carbocycles. The topological polar surface area (TPSA) is 66.4 Å². The van der Waals surface area contributed by atoms with Crippen LogP contribution in [0.15, 0.2) is 39.9 Å². The van der Waals surface area contributed by atoms with E-state index in [1.54, 1.807) is 16.8 Å². The van der Waals surface area contributed by atoms with Crippen molar-refractivity contribution in [2.45, 2.75) is 11.0 Å². The number of sulfonamides is 1. The van der Waals surface area contributed by atoms with Gasteiger partial charge in [-0.25, -0.2) is 21.9 Å². The van der Waals surface area contributed by atoms with Crippen LogP contribution in [0.5, 0.6) is 0 Å². The molecule has 0 saturated heterocycles. The fourth-order valence-electron chi connectivity index (χ4n) is 1.50. The molecule has 1 heterocycles. The van der Waals surface area contributed by atoms with Crippen LogP contribution in [0.2, 0.25) is 0 Å². The van der Waals surface area contributed by atoms with E-state index in [1.165, 1.54) is 11.3 Å². The third kappa shape index (κ3) is 3.40. The van der Waals surface area contributed by atoms with Crippen LogP contribution in [-0.4, -0.2) is 20.1 Å². The predicted octanol–water partition coefficient (Wildman–Crippen LogP) is 2.04. The van der Waals surface area contributed by atoms with Crippen molar-refractivity contribution in [3.05, 3.63) is 52.2 Å². The molecule has 0 saturated carbocycles. The van der Waals surface area contributed by atoms with Gasteiger partial charge in [0.25, 0.3) is 0 Å². The second-order valence-electron chi connectivity index (χ2n) is 4.00. The number of aliphatic hydroxyl groups excluding tert-OH is 1. The van der Waals surface area contributed by atoms with Crippen LogP contribution < -0.4 is 4.72 Å². The van der Waals surface area contributed by atoms with Crippen LogP contribution in [0.1, 0.15) is 11.7 Å². The van der Waals surface area contributed by atoms with Crippen LogP contribution in [0.4, 0.5) is 8.78 Å². The normalized spacial score (nSPS) is 13.3. The van der Waals surface area contributed by atoms with Gasteiger partial charge in [-0.15, -0.1) is 0 Å². The van der Waals surface area contributed by atoms with E-state index in [9.17, 15) is 22.3 Å². The molecule has 1 unspecified atom stereocenters. The van der Waals surface area contributed by atoms with Crippen molar-refractivity contribution < 1.29 is 22.3 Å². The fourth-order valence-corrected chi connectivity index (χ4v) is 3.26. The summed E-state index contributed by atoms with van der Waals surface area (Å²) >= 11 is 1.37. The van der Waals surface area contributed by atoms with Crippen LogP contribution in [0.3, 0.4) is 0 Å². The van der Waals surface area contributed by atoms with Crippen molar-refractivity contribution >= 4 is 21.4 Å². The summed E-state index contributed by atoms with van der Waals surface area (Å²) in [5.41, 5.74) is 0.586. The van der Waals surface area contributed by atoms with E-state index >= 15 is 0 Å². The molecule has 0 fully saturated rings. The van der Waals surface area contributed by atoms with Crippen molar-refractivity contribution in [3.63, 3.8) is 0 Å². The lowest BCUT2D eigenvalue weighted by atomic mass is 10.2. The Labute approximate surface area is 118 Å². The number of nitrogens with one attached hydrogen (secondary N) is 1. The third-order valence-electron chi connectivity index (χ3n) is 2.60. The molecule has 108 valence electrons. The van der Waals surface area contributed by atoms with E-state index in [1.807, 2.05) is 0 Å². The van der Waals surface area contributed by atoms with Crippen molar-refractivity contribution in [2.75, 3.05) is 6.54 Å². The zero-order valence-electron chi connectivity index (χ0n) is 10.1. The molecule has 0 aliphatic heterocycles. The van der Waals surface area contributed by atoms with E-state index in [-0.39, 0.29) is 6.54 Å². The van der Waals surface area contributed by atoms with E-state index in [2.05, 4.69) is 4.72 Å². The molecule has 0 spiro atoms. The van der Waals surface area contributed by atoms with Gasteiger partial charge in [-0.05, 0) is 40.6 Å². The Morgan fingerprint density at radius 1 is 1.25 bits per heavy atom. The van der Waals surface area contributed by atoms with Gasteiger partial charge in [-0.1, -0.05) is 0 Å². The molecule has 20 heavy (non-hydrogen) atoms. The molecule has 8 heteroatoms. The largest absolute Gasteiger partial charge is 0.387 e. The Morgan fingerprint density at radius 2 is 2.00 bits per heavy atom. The summed E-state index contributed by atoms with van der Waals surface area (Å²) in [5.74, 6) is -2.37. The molecule has 0 aliphatic rings. The first-order valence-corrected chi connectivity index (χ1v) is 7.97. The SMILES string of the molecule is O=S(=O)(NCC(O)c1ccsc1)c1ccc(F)c(F)c1. The minimum absolute atomic E-state index is 0.252. The van der Waals surface area contributed by atoms with Gasteiger partial charge in [0.2, 0.25) is 10.0 Å². The average Bonchev–Trinajstić information content (AvgIpc) is 2.93. The first-order valence-electron chi connectivity index (χ1n) is 5.55. The number of hydrogen-bond donors (Lipinski definition) is 2. The molecule has 0 bridgehead atoms. The lowest BCUT2D eigenvalue weighted by Gasteiger charge is -2.11. The van der Waals surface area contributed by atoms with Gasteiger partial charge in [0.1, 0.15) is 0 Å². The van der Waals surface area contributed by atoms with Crippen LogP contribution in [0.25, 0.3) is 0 Å². The number of hydrogen-bond acceptors (Lipinski definition) is 4. The van der Waals surface area contributed by atoms with Gasteiger partial charge in [0.05, 0.1) is 11.0 Å². The fraction of sp³-hybridized carbons (Fsp3) is 0.167. The molecule has 4 nitrogen and oxygen atoms in total. The number of rotatable bonds is 5. The monoisotopic (exact) mass is 319 g/mol. The summed E-state index contributed by atoms with van der Waals surface area (Å²) in [6, 6.07) is 3.95. The first-order chi connectivity index (χ1) is 9.40. The number of halogens is 2. The summed E-state index contributed by atoms with van der Waals surface area (Å²) in [6.07, 6.45) is -0.999. The van der Waals surface area contributed by atoms with Crippen LogP contribution in [0, 0.1) is 11.6 Å². The Balaban J connectivity index is 2.09. The van der Waals surface area contributed by atoms with Gasteiger partial charge in [0.15, 0.2) is 11.6 Å². The zero-order valence-corrected chi connectivity index (χ0v) is 11.7. The van der Waals surface area contributed by atoms with E-state index in [4.69, 9.17) is 0 Å². The van der Waals surface area contributed by atoms with Gasteiger partial charge < -0.3 is 5.11 Å². The van der Waals surface area contributed by atoms with Crippen molar-refractivity contribution in [3.8, 4) is 0 Å². The minimum Gasteiger partial charge on any atom is -0.387 e. The number of aliphatic hydroxyl groups is 1. The standard InChI is InChI=1S/C12H11F2NO3S2/c13-10-2-1-9(5-11(10)14)20(17,18)15-6-12(16)8-3-4-19-7-8/h1-5,7,12,15-16H,6H2. The van der Waals surface area contributed by atoms with E-state index in [0.717, 1.165) is 12.1 Å². The molecule has 0 amide bonds. The number of thiophene rings is 1. The highest BCUT2D eigenvalue weighted by Gasteiger charge is 2.18.